The van der Waals surface area contributed by atoms with Crippen LogP contribution in [0.25, 0.3) is 5.69 Å². The van der Waals surface area contributed by atoms with Crippen molar-refractivity contribution in [2.24, 2.45) is 0 Å². The third kappa shape index (κ3) is 4.20. The smallest absolute Gasteiger partial charge is 0.358 e. The number of nitrogens with zero attached hydrogens (tertiary/aromatic N) is 6. The molecule has 0 saturated carbocycles. The fourth-order valence-corrected chi connectivity index (χ4v) is 2.72. The minimum atomic E-state index is -0.543. The van der Waals surface area contributed by atoms with E-state index >= 15 is 0 Å². The molecule has 0 N–H and O–H groups in total. The Morgan fingerprint density at radius 3 is 2.61 bits per heavy atom. The van der Waals surface area contributed by atoms with Crippen LogP contribution in [0.5, 0.6) is 0 Å². The van der Waals surface area contributed by atoms with Crippen molar-refractivity contribution in [3.63, 3.8) is 0 Å². The average molecular weight is 380 g/mol. The van der Waals surface area contributed by atoms with Gasteiger partial charge in [-0.05, 0) is 19.1 Å². The summed E-state index contributed by atoms with van der Waals surface area (Å²) >= 11 is 0. The van der Waals surface area contributed by atoms with Gasteiger partial charge in [0.25, 0.3) is 5.91 Å². The summed E-state index contributed by atoms with van der Waals surface area (Å²) in [5.74, 6) is -0.675. The van der Waals surface area contributed by atoms with Crippen LogP contribution < -0.4 is 0 Å². The molecule has 0 atom stereocenters. The van der Waals surface area contributed by atoms with Gasteiger partial charge in [0, 0.05) is 25.7 Å². The van der Waals surface area contributed by atoms with E-state index in [-0.39, 0.29) is 11.6 Å². The van der Waals surface area contributed by atoms with Gasteiger partial charge in [-0.2, -0.15) is 15.0 Å². The lowest BCUT2D eigenvalue weighted by Gasteiger charge is -2.22. The molecule has 2 aromatic heterocycles. The monoisotopic (exact) mass is 380 g/mol. The summed E-state index contributed by atoms with van der Waals surface area (Å²) in [6.45, 7) is 2.85. The highest BCUT2D eigenvalue weighted by molar-refractivity contribution is 5.97. The van der Waals surface area contributed by atoms with Crippen molar-refractivity contribution < 1.29 is 14.3 Å². The fourth-order valence-electron chi connectivity index (χ4n) is 2.72. The Bertz CT molecular complexity index is 958. The predicted molar refractivity (Wildman–Crippen MR) is 100 cm³/mol. The van der Waals surface area contributed by atoms with Gasteiger partial charge in [-0.1, -0.05) is 12.1 Å². The molecule has 0 aliphatic heterocycles. The Hall–Kier alpha value is -3.62. The van der Waals surface area contributed by atoms with Crippen molar-refractivity contribution in [3.8, 4) is 5.69 Å². The number of hydrogen-bond donors (Lipinski definition) is 0. The Morgan fingerprint density at radius 2 is 1.89 bits per heavy atom. The molecule has 144 valence electrons. The maximum absolute atomic E-state index is 13.1. The average Bonchev–Trinajstić information content (AvgIpc) is 3.28. The number of hydrogen-bond acceptors (Lipinski definition) is 7. The molecule has 0 radical (unpaired) electrons. The van der Waals surface area contributed by atoms with Crippen molar-refractivity contribution in [1.82, 2.24) is 29.9 Å². The van der Waals surface area contributed by atoms with Crippen LogP contribution >= 0.6 is 0 Å². The number of carbonyl (C=O) groups excluding carboxylic acids is 2. The first-order valence-electron chi connectivity index (χ1n) is 8.78. The van der Waals surface area contributed by atoms with Gasteiger partial charge < -0.3 is 9.64 Å². The zero-order chi connectivity index (χ0) is 19.9. The molecule has 28 heavy (non-hydrogen) atoms. The van der Waals surface area contributed by atoms with Crippen molar-refractivity contribution >= 4 is 11.9 Å². The van der Waals surface area contributed by atoms with Crippen molar-refractivity contribution in [2.45, 2.75) is 13.3 Å². The first kappa shape index (κ1) is 19.2. The lowest BCUT2D eigenvalue weighted by Crippen LogP contribution is -2.33. The Labute approximate surface area is 162 Å². The molecule has 1 aromatic carbocycles. The molecule has 1 amide bonds. The van der Waals surface area contributed by atoms with E-state index in [1.54, 1.807) is 41.7 Å². The van der Waals surface area contributed by atoms with Crippen LogP contribution in [0.4, 0.5) is 0 Å². The molecule has 2 heterocycles. The number of benzene rings is 1. The second-order valence-electron chi connectivity index (χ2n) is 5.86. The number of aromatic nitrogens is 5. The number of para-hydroxylation sites is 1. The van der Waals surface area contributed by atoms with Gasteiger partial charge in [0.15, 0.2) is 5.69 Å². The quantitative estimate of drug-likeness (QED) is 0.573. The van der Waals surface area contributed by atoms with Gasteiger partial charge >= 0.3 is 5.97 Å². The largest absolute Gasteiger partial charge is 0.464 e. The van der Waals surface area contributed by atoms with Crippen LogP contribution in [0.15, 0.2) is 49.1 Å². The molecule has 0 aliphatic carbocycles. The molecule has 0 saturated heterocycles. The summed E-state index contributed by atoms with van der Waals surface area (Å²) in [5.41, 5.74) is 1.87. The maximum Gasteiger partial charge on any atom is 0.358 e. The number of amides is 1. The molecule has 0 aliphatic rings. The number of esters is 1. The van der Waals surface area contributed by atoms with Crippen molar-refractivity contribution in [1.29, 1.82) is 0 Å². The zero-order valence-corrected chi connectivity index (χ0v) is 15.6. The first-order chi connectivity index (χ1) is 13.6. The summed E-state index contributed by atoms with van der Waals surface area (Å²) in [5, 5.41) is 8.23. The third-order valence-electron chi connectivity index (χ3n) is 4.15. The van der Waals surface area contributed by atoms with Gasteiger partial charge in [-0.3, -0.25) is 9.78 Å². The Morgan fingerprint density at radius 1 is 1.14 bits per heavy atom. The molecule has 0 fully saturated rings. The molecule has 9 nitrogen and oxygen atoms in total. The highest BCUT2D eigenvalue weighted by Gasteiger charge is 2.19. The van der Waals surface area contributed by atoms with E-state index in [0.717, 1.165) is 0 Å². The van der Waals surface area contributed by atoms with E-state index in [2.05, 4.69) is 24.9 Å². The van der Waals surface area contributed by atoms with Crippen molar-refractivity contribution in [3.05, 3.63) is 66.0 Å². The standard InChI is InChI=1S/C19H20N6O3/c1-3-24(11-8-14-12-20-13-16(23-14)19(27)28-2)18(26)15-6-4-5-7-17(15)25-21-9-10-22-25/h4-7,9-10,12-13H,3,8,11H2,1-2H3. The molecule has 3 rings (SSSR count). The van der Waals surface area contributed by atoms with Gasteiger partial charge in [0.1, 0.15) is 0 Å². The Balaban J connectivity index is 1.76. The van der Waals surface area contributed by atoms with Crippen LogP contribution in [0.2, 0.25) is 0 Å². The summed E-state index contributed by atoms with van der Waals surface area (Å²) in [4.78, 5) is 36.1. The minimum Gasteiger partial charge on any atom is -0.464 e. The van der Waals surface area contributed by atoms with Crippen LogP contribution in [0.1, 0.15) is 33.5 Å². The van der Waals surface area contributed by atoms with Gasteiger partial charge in [0.05, 0.1) is 42.6 Å². The highest BCUT2D eigenvalue weighted by Crippen LogP contribution is 2.15. The molecular formula is C19H20N6O3. The van der Waals surface area contributed by atoms with E-state index < -0.39 is 5.97 Å². The van der Waals surface area contributed by atoms with Crippen LogP contribution in [-0.4, -0.2) is 61.9 Å². The van der Waals surface area contributed by atoms with Crippen LogP contribution in [0.3, 0.4) is 0 Å². The van der Waals surface area contributed by atoms with Crippen LogP contribution in [0, 0.1) is 0 Å². The van der Waals surface area contributed by atoms with Crippen molar-refractivity contribution in [2.75, 3.05) is 20.2 Å². The van der Waals surface area contributed by atoms with Gasteiger partial charge in [-0.25, -0.2) is 9.78 Å². The lowest BCUT2D eigenvalue weighted by molar-refractivity contribution is 0.0592. The number of ether oxygens (including phenoxy) is 1. The molecule has 0 unspecified atom stereocenters. The first-order valence-corrected chi connectivity index (χ1v) is 8.78. The predicted octanol–water partition coefficient (Wildman–Crippen LogP) is 1.55. The fraction of sp³-hybridized carbons (Fsp3) is 0.263. The topological polar surface area (TPSA) is 103 Å². The minimum absolute atomic E-state index is 0.132. The Kier molecular flexibility index (Phi) is 6.05. The van der Waals surface area contributed by atoms with E-state index in [4.69, 9.17) is 0 Å². The van der Waals surface area contributed by atoms with E-state index in [1.807, 2.05) is 13.0 Å². The van der Waals surface area contributed by atoms with E-state index in [0.29, 0.717) is 36.5 Å². The summed E-state index contributed by atoms with van der Waals surface area (Å²) in [7, 11) is 1.29. The van der Waals surface area contributed by atoms with Crippen LogP contribution in [-0.2, 0) is 11.2 Å². The molecule has 9 heteroatoms. The summed E-state index contributed by atoms with van der Waals surface area (Å²) in [6, 6.07) is 7.19. The zero-order valence-electron chi connectivity index (χ0n) is 15.6. The molecule has 0 bridgehead atoms. The number of likely N-dealkylation sites (N-methyl/N-ethyl adjacent to an activating group) is 1. The van der Waals surface area contributed by atoms with E-state index in [1.165, 1.54) is 18.1 Å². The number of rotatable bonds is 7. The molecular weight excluding hydrogens is 360 g/mol. The lowest BCUT2D eigenvalue weighted by atomic mass is 10.1. The third-order valence-corrected chi connectivity index (χ3v) is 4.15. The maximum atomic E-state index is 13.1. The summed E-state index contributed by atoms with van der Waals surface area (Å²) < 4.78 is 4.66. The van der Waals surface area contributed by atoms with Gasteiger partial charge in [-0.15, -0.1) is 0 Å². The number of carbonyl (C=O) groups is 2. The second-order valence-corrected chi connectivity index (χ2v) is 5.86. The normalized spacial score (nSPS) is 10.5. The summed E-state index contributed by atoms with van der Waals surface area (Å²) in [6.07, 6.45) is 6.51. The molecule has 3 aromatic rings. The van der Waals surface area contributed by atoms with Gasteiger partial charge in [0.2, 0.25) is 0 Å². The SMILES string of the molecule is CCN(CCc1cncc(C(=O)OC)n1)C(=O)c1ccccc1-n1nccn1. The highest BCUT2D eigenvalue weighted by atomic mass is 16.5. The second kappa shape index (κ2) is 8.85. The number of methoxy groups -OCH3 is 1. The van der Waals surface area contributed by atoms with E-state index in [9.17, 15) is 9.59 Å². The molecule has 0 spiro atoms.